The molecule has 4 heteroatoms. The maximum absolute atomic E-state index is 11.2. The van der Waals surface area contributed by atoms with Crippen LogP contribution in [0.25, 0.3) is 0 Å². The Labute approximate surface area is 100 Å². The van der Waals surface area contributed by atoms with Crippen LogP contribution in [0.5, 0.6) is 0 Å². The Morgan fingerprint density at radius 3 is 3.12 bits per heavy atom. The lowest BCUT2D eigenvalue weighted by Crippen LogP contribution is -2.26. The second kappa shape index (κ2) is 4.83. The third kappa shape index (κ3) is 2.73. The number of halogens is 1. The van der Waals surface area contributed by atoms with Crippen LogP contribution in [0.3, 0.4) is 0 Å². The number of likely N-dealkylation sites (tertiary alicyclic amines) is 1. The second-order valence-electron chi connectivity index (χ2n) is 4.31. The predicted octanol–water partition coefficient (Wildman–Crippen LogP) is 2.15. The van der Waals surface area contributed by atoms with Crippen LogP contribution < -0.4 is 0 Å². The summed E-state index contributed by atoms with van der Waals surface area (Å²) in [4.78, 5) is 17.1. The molecule has 2 heterocycles. The molecule has 1 unspecified atom stereocenters. The lowest BCUT2D eigenvalue weighted by Gasteiger charge is -2.13. The van der Waals surface area contributed by atoms with E-state index in [2.05, 4.69) is 4.98 Å². The molecule has 1 fully saturated rings. The van der Waals surface area contributed by atoms with Gasteiger partial charge < -0.3 is 4.90 Å². The van der Waals surface area contributed by atoms with Gasteiger partial charge in [-0.25, -0.2) is 4.98 Å². The number of aromatic nitrogens is 1. The van der Waals surface area contributed by atoms with Gasteiger partial charge in [0, 0.05) is 26.2 Å². The van der Waals surface area contributed by atoms with E-state index in [0.717, 1.165) is 25.9 Å². The molecule has 1 aromatic heterocycles. The summed E-state index contributed by atoms with van der Waals surface area (Å²) in [5.41, 5.74) is 1.20. The Hall–Kier alpha value is -1.09. The first-order valence-electron chi connectivity index (χ1n) is 5.51. The first-order chi connectivity index (χ1) is 7.65. The number of hydrogen-bond donors (Lipinski definition) is 0. The van der Waals surface area contributed by atoms with Crippen LogP contribution >= 0.6 is 11.6 Å². The summed E-state index contributed by atoms with van der Waals surface area (Å²) in [7, 11) is 0. The molecule has 0 aliphatic carbocycles. The van der Waals surface area contributed by atoms with Crippen molar-refractivity contribution in [2.75, 3.05) is 13.1 Å². The Balaban J connectivity index is 1.94. The summed E-state index contributed by atoms with van der Waals surface area (Å²) in [6, 6.07) is 3.89. The highest BCUT2D eigenvalue weighted by atomic mass is 35.5. The van der Waals surface area contributed by atoms with Gasteiger partial charge in [-0.2, -0.15) is 0 Å². The van der Waals surface area contributed by atoms with Gasteiger partial charge in [-0.1, -0.05) is 11.6 Å². The Morgan fingerprint density at radius 2 is 2.50 bits per heavy atom. The minimum Gasteiger partial charge on any atom is -0.343 e. The molecule has 1 aliphatic heterocycles. The fraction of sp³-hybridized carbons (Fsp3) is 0.500. The third-order valence-electron chi connectivity index (χ3n) is 3.05. The quantitative estimate of drug-likeness (QED) is 0.740. The number of hydrogen-bond acceptors (Lipinski definition) is 2. The molecular weight excluding hydrogens is 224 g/mol. The molecule has 16 heavy (non-hydrogen) atoms. The molecule has 1 aliphatic rings. The average molecular weight is 239 g/mol. The molecule has 1 atom stereocenters. The summed E-state index contributed by atoms with van der Waals surface area (Å²) >= 11 is 5.83. The van der Waals surface area contributed by atoms with E-state index in [-0.39, 0.29) is 5.91 Å². The predicted molar refractivity (Wildman–Crippen MR) is 63.3 cm³/mol. The first kappa shape index (κ1) is 11.4. The van der Waals surface area contributed by atoms with Gasteiger partial charge in [0.25, 0.3) is 0 Å². The number of carbonyl (C=O) groups is 1. The van der Waals surface area contributed by atoms with Gasteiger partial charge >= 0.3 is 0 Å². The summed E-state index contributed by atoms with van der Waals surface area (Å²) in [6.45, 7) is 3.39. The van der Waals surface area contributed by atoms with Gasteiger partial charge in [-0.15, -0.1) is 0 Å². The molecular formula is C12H15ClN2O. The van der Waals surface area contributed by atoms with Crippen LogP contribution in [-0.4, -0.2) is 28.9 Å². The van der Waals surface area contributed by atoms with Crippen molar-refractivity contribution in [2.24, 2.45) is 5.92 Å². The zero-order valence-electron chi connectivity index (χ0n) is 9.32. The van der Waals surface area contributed by atoms with E-state index in [1.54, 1.807) is 13.1 Å². The Morgan fingerprint density at radius 1 is 1.69 bits per heavy atom. The minimum absolute atomic E-state index is 0.176. The number of carbonyl (C=O) groups excluding carboxylic acids is 1. The Kier molecular flexibility index (Phi) is 3.44. The molecule has 1 amide bonds. The highest BCUT2D eigenvalue weighted by Crippen LogP contribution is 2.21. The SMILES string of the molecule is CC(=O)N1CCC(Cc2ccnc(Cl)c2)C1. The van der Waals surface area contributed by atoms with Gasteiger partial charge in [0.2, 0.25) is 5.91 Å². The van der Waals surface area contributed by atoms with E-state index in [1.807, 2.05) is 17.0 Å². The van der Waals surface area contributed by atoms with E-state index in [4.69, 9.17) is 11.6 Å². The molecule has 86 valence electrons. The molecule has 2 rings (SSSR count). The van der Waals surface area contributed by atoms with Crippen molar-refractivity contribution in [1.29, 1.82) is 0 Å². The molecule has 1 saturated heterocycles. The van der Waals surface area contributed by atoms with Gasteiger partial charge in [0.05, 0.1) is 0 Å². The molecule has 0 aromatic carbocycles. The third-order valence-corrected chi connectivity index (χ3v) is 3.25. The summed E-state index contributed by atoms with van der Waals surface area (Å²) < 4.78 is 0. The highest BCUT2D eigenvalue weighted by Gasteiger charge is 2.24. The van der Waals surface area contributed by atoms with Gasteiger partial charge in [-0.3, -0.25) is 4.79 Å². The smallest absolute Gasteiger partial charge is 0.219 e. The number of rotatable bonds is 2. The molecule has 1 aromatic rings. The van der Waals surface area contributed by atoms with Crippen molar-refractivity contribution in [3.05, 3.63) is 29.0 Å². The summed E-state index contributed by atoms with van der Waals surface area (Å²) in [5, 5.41) is 0.541. The van der Waals surface area contributed by atoms with Crippen LogP contribution in [0.15, 0.2) is 18.3 Å². The average Bonchev–Trinajstić information content (AvgIpc) is 2.66. The van der Waals surface area contributed by atoms with E-state index in [9.17, 15) is 4.79 Å². The second-order valence-corrected chi connectivity index (χ2v) is 4.70. The maximum Gasteiger partial charge on any atom is 0.219 e. The zero-order chi connectivity index (χ0) is 11.5. The minimum atomic E-state index is 0.176. The number of pyridine rings is 1. The Bertz CT molecular complexity index is 394. The van der Waals surface area contributed by atoms with Crippen molar-refractivity contribution in [1.82, 2.24) is 9.88 Å². The zero-order valence-corrected chi connectivity index (χ0v) is 10.1. The van der Waals surface area contributed by atoms with Gasteiger partial charge in [-0.05, 0) is 36.5 Å². The van der Waals surface area contributed by atoms with Crippen molar-refractivity contribution in [3.63, 3.8) is 0 Å². The normalized spacial score (nSPS) is 20.1. The molecule has 0 saturated carbocycles. The molecule has 0 N–H and O–H groups in total. The van der Waals surface area contributed by atoms with Crippen molar-refractivity contribution >= 4 is 17.5 Å². The monoisotopic (exact) mass is 238 g/mol. The van der Waals surface area contributed by atoms with Gasteiger partial charge in [0.1, 0.15) is 5.15 Å². The highest BCUT2D eigenvalue weighted by molar-refractivity contribution is 6.29. The van der Waals surface area contributed by atoms with Crippen molar-refractivity contribution in [3.8, 4) is 0 Å². The van der Waals surface area contributed by atoms with Crippen LogP contribution in [0.2, 0.25) is 5.15 Å². The lowest BCUT2D eigenvalue weighted by atomic mass is 10.00. The van der Waals surface area contributed by atoms with Crippen LogP contribution in [0, 0.1) is 5.92 Å². The standard InChI is InChI=1S/C12H15ClN2O/c1-9(16)15-5-3-11(8-15)6-10-2-4-14-12(13)7-10/h2,4,7,11H,3,5-6,8H2,1H3. The fourth-order valence-electron chi connectivity index (χ4n) is 2.19. The van der Waals surface area contributed by atoms with Gasteiger partial charge in [0.15, 0.2) is 0 Å². The van der Waals surface area contributed by atoms with E-state index in [0.29, 0.717) is 11.1 Å². The first-order valence-corrected chi connectivity index (χ1v) is 5.89. The lowest BCUT2D eigenvalue weighted by molar-refractivity contribution is -0.127. The molecule has 0 radical (unpaired) electrons. The maximum atomic E-state index is 11.2. The van der Waals surface area contributed by atoms with E-state index >= 15 is 0 Å². The fourth-order valence-corrected chi connectivity index (χ4v) is 2.38. The molecule has 3 nitrogen and oxygen atoms in total. The topological polar surface area (TPSA) is 33.2 Å². The largest absolute Gasteiger partial charge is 0.343 e. The van der Waals surface area contributed by atoms with E-state index < -0.39 is 0 Å². The molecule has 0 spiro atoms. The number of amides is 1. The summed E-state index contributed by atoms with van der Waals surface area (Å²) in [5.74, 6) is 0.734. The number of nitrogens with zero attached hydrogens (tertiary/aromatic N) is 2. The summed E-state index contributed by atoms with van der Waals surface area (Å²) in [6.07, 6.45) is 3.79. The molecule has 0 bridgehead atoms. The van der Waals surface area contributed by atoms with Crippen LogP contribution in [0.1, 0.15) is 18.9 Å². The van der Waals surface area contributed by atoms with Crippen LogP contribution in [0.4, 0.5) is 0 Å². The van der Waals surface area contributed by atoms with Crippen molar-refractivity contribution < 1.29 is 4.79 Å². The van der Waals surface area contributed by atoms with Crippen LogP contribution in [-0.2, 0) is 11.2 Å². The van der Waals surface area contributed by atoms with E-state index in [1.165, 1.54) is 5.56 Å². The van der Waals surface area contributed by atoms with Crippen molar-refractivity contribution in [2.45, 2.75) is 19.8 Å².